The fraction of sp³-hybridized carbons (Fsp3) is 0.300. The number of imidazole rings is 1. The predicted octanol–water partition coefficient (Wildman–Crippen LogP) is 2.84. The largest absolute Gasteiger partial charge is 0.360 e. The maximum Gasteiger partial charge on any atom is 0.287 e. The van der Waals surface area contributed by atoms with E-state index < -0.39 is 11.8 Å². The number of anilines is 1. The quantitative estimate of drug-likeness (QED) is 0.689. The van der Waals surface area contributed by atoms with Crippen LogP contribution in [0, 0.1) is 12.7 Å². The molecular formula is C20H20FN5O3. The molecule has 9 heteroatoms. The molecular weight excluding hydrogens is 377 g/mol. The third kappa shape index (κ3) is 3.89. The van der Waals surface area contributed by atoms with Crippen LogP contribution in [0.15, 0.2) is 34.9 Å². The van der Waals surface area contributed by atoms with Crippen LogP contribution < -0.4 is 10.6 Å². The highest BCUT2D eigenvalue weighted by molar-refractivity contribution is 6.04. The monoisotopic (exact) mass is 397 g/mol. The number of nitrogens with one attached hydrogen (secondary N) is 2. The van der Waals surface area contributed by atoms with Crippen molar-refractivity contribution in [2.24, 2.45) is 0 Å². The van der Waals surface area contributed by atoms with E-state index in [4.69, 9.17) is 4.52 Å². The molecule has 2 aromatic heterocycles. The van der Waals surface area contributed by atoms with Crippen molar-refractivity contribution in [1.82, 2.24) is 20.0 Å². The average molecular weight is 397 g/mol. The molecule has 1 aliphatic rings. The maximum atomic E-state index is 13.8. The third-order valence-corrected chi connectivity index (χ3v) is 4.80. The second-order valence-corrected chi connectivity index (χ2v) is 6.89. The van der Waals surface area contributed by atoms with E-state index in [-0.39, 0.29) is 29.7 Å². The SMILES string of the molecule is Cc1cc(NC(=O)c2nc(C(=O)NCc3ccccc3F)n3c2CCCC3)no1. The van der Waals surface area contributed by atoms with Crippen LogP contribution in [-0.2, 0) is 19.5 Å². The highest BCUT2D eigenvalue weighted by Crippen LogP contribution is 2.22. The summed E-state index contributed by atoms with van der Waals surface area (Å²) < 4.78 is 20.5. The van der Waals surface area contributed by atoms with Gasteiger partial charge in [-0.25, -0.2) is 9.37 Å². The molecule has 0 spiro atoms. The fourth-order valence-corrected chi connectivity index (χ4v) is 3.40. The molecule has 3 heterocycles. The molecule has 8 nitrogen and oxygen atoms in total. The number of carbonyl (C=O) groups excluding carboxylic acids is 2. The van der Waals surface area contributed by atoms with Crippen LogP contribution >= 0.6 is 0 Å². The lowest BCUT2D eigenvalue weighted by Gasteiger charge is -2.17. The zero-order valence-electron chi connectivity index (χ0n) is 15.9. The molecule has 2 N–H and O–H groups in total. The molecule has 150 valence electrons. The molecule has 2 amide bonds. The lowest BCUT2D eigenvalue weighted by atomic mass is 10.1. The smallest absolute Gasteiger partial charge is 0.287 e. The summed E-state index contributed by atoms with van der Waals surface area (Å²) in [6, 6.07) is 7.84. The van der Waals surface area contributed by atoms with Crippen LogP contribution in [0.3, 0.4) is 0 Å². The standard InChI is InChI=1S/C20H20FN5O3/c1-12-10-16(25-29-12)23-19(27)17-15-8-4-5-9-26(15)18(24-17)20(28)22-11-13-6-2-3-7-14(13)21/h2-3,6-7,10H,4-5,8-9,11H2,1H3,(H,22,28)(H,23,25,27). The summed E-state index contributed by atoms with van der Waals surface area (Å²) in [6.07, 6.45) is 2.44. The summed E-state index contributed by atoms with van der Waals surface area (Å²) in [5.41, 5.74) is 1.29. The van der Waals surface area contributed by atoms with Gasteiger partial charge < -0.3 is 19.7 Å². The van der Waals surface area contributed by atoms with Gasteiger partial charge >= 0.3 is 0 Å². The number of hydrogen-bond donors (Lipinski definition) is 2. The molecule has 1 aromatic carbocycles. The molecule has 0 radical (unpaired) electrons. The number of fused-ring (bicyclic) bond motifs is 1. The molecule has 4 rings (SSSR count). The van der Waals surface area contributed by atoms with E-state index in [2.05, 4.69) is 20.8 Å². The average Bonchev–Trinajstić information content (AvgIpc) is 3.30. The summed E-state index contributed by atoms with van der Waals surface area (Å²) in [7, 11) is 0. The Hall–Kier alpha value is -3.49. The van der Waals surface area contributed by atoms with Crippen molar-refractivity contribution in [3.8, 4) is 0 Å². The zero-order valence-corrected chi connectivity index (χ0v) is 15.9. The van der Waals surface area contributed by atoms with Crippen LogP contribution in [0.4, 0.5) is 10.2 Å². The number of aromatic nitrogens is 3. The van der Waals surface area contributed by atoms with Gasteiger partial charge in [-0.15, -0.1) is 0 Å². The van der Waals surface area contributed by atoms with E-state index >= 15 is 0 Å². The Balaban J connectivity index is 1.56. The fourth-order valence-electron chi connectivity index (χ4n) is 3.40. The lowest BCUT2D eigenvalue weighted by Crippen LogP contribution is -2.28. The first-order valence-electron chi connectivity index (χ1n) is 9.38. The van der Waals surface area contributed by atoms with Crippen LogP contribution in [0.2, 0.25) is 0 Å². The number of nitrogens with zero attached hydrogens (tertiary/aromatic N) is 3. The number of aryl methyl sites for hydroxylation is 1. The first-order chi connectivity index (χ1) is 14.0. The summed E-state index contributed by atoms with van der Waals surface area (Å²) in [5, 5.41) is 9.09. The van der Waals surface area contributed by atoms with Crippen LogP contribution in [0.25, 0.3) is 0 Å². The van der Waals surface area contributed by atoms with Crippen molar-refractivity contribution < 1.29 is 18.5 Å². The summed E-state index contributed by atoms with van der Waals surface area (Å²) in [4.78, 5) is 29.7. The summed E-state index contributed by atoms with van der Waals surface area (Å²) >= 11 is 0. The van der Waals surface area contributed by atoms with Gasteiger partial charge in [-0.3, -0.25) is 9.59 Å². The summed E-state index contributed by atoms with van der Waals surface area (Å²) in [6.45, 7) is 2.35. The Morgan fingerprint density at radius 1 is 1.24 bits per heavy atom. The minimum Gasteiger partial charge on any atom is -0.360 e. The Morgan fingerprint density at radius 2 is 2.07 bits per heavy atom. The van der Waals surface area contributed by atoms with Crippen molar-refractivity contribution in [2.45, 2.75) is 39.3 Å². The molecule has 1 aliphatic heterocycles. The number of benzene rings is 1. The minimum atomic E-state index is -0.451. The second-order valence-electron chi connectivity index (χ2n) is 6.89. The Kier molecular flexibility index (Phi) is 5.11. The molecule has 0 atom stereocenters. The number of amides is 2. The van der Waals surface area contributed by atoms with Gasteiger partial charge in [0.25, 0.3) is 11.8 Å². The Labute approximate surface area is 166 Å². The molecule has 0 saturated carbocycles. The Morgan fingerprint density at radius 3 is 2.83 bits per heavy atom. The summed E-state index contributed by atoms with van der Waals surface area (Å²) in [5.74, 6) is -0.278. The maximum absolute atomic E-state index is 13.8. The molecule has 0 unspecified atom stereocenters. The number of hydrogen-bond acceptors (Lipinski definition) is 5. The molecule has 3 aromatic rings. The molecule has 0 saturated heterocycles. The highest BCUT2D eigenvalue weighted by atomic mass is 19.1. The first kappa shape index (κ1) is 18.9. The molecule has 29 heavy (non-hydrogen) atoms. The van der Waals surface area contributed by atoms with Crippen molar-refractivity contribution in [2.75, 3.05) is 5.32 Å². The van der Waals surface area contributed by atoms with Crippen LogP contribution in [0.1, 0.15) is 51.0 Å². The van der Waals surface area contributed by atoms with Gasteiger partial charge in [0.1, 0.15) is 11.6 Å². The van der Waals surface area contributed by atoms with Gasteiger partial charge in [0.2, 0.25) is 0 Å². The van der Waals surface area contributed by atoms with Crippen molar-refractivity contribution in [3.05, 3.63) is 64.7 Å². The van der Waals surface area contributed by atoms with E-state index in [0.29, 0.717) is 30.0 Å². The van der Waals surface area contributed by atoms with E-state index in [0.717, 1.165) is 12.8 Å². The predicted molar refractivity (Wildman–Crippen MR) is 102 cm³/mol. The highest BCUT2D eigenvalue weighted by Gasteiger charge is 2.28. The van der Waals surface area contributed by atoms with Gasteiger partial charge in [0.05, 0.1) is 5.69 Å². The van der Waals surface area contributed by atoms with Gasteiger partial charge in [-0.1, -0.05) is 23.4 Å². The topological polar surface area (TPSA) is 102 Å². The second kappa shape index (κ2) is 7.86. The number of rotatable bonds is 5. The van der Waals surface area contributed by atoms with Gasteiger partial charge in [0.15, 0.2) is 17.3 Å². The Bertz CT molecular complexity index is 1070. The normalized spacial score (nSPS) is 13.0. The molecule has 0 bridgehead atoms. The third-order valence-electron chi connectivity index (χ3n) is 4.80. The van der Waals surface area contributed by atoms with Gasteiger partial charge in [-0.05, 0) is 32.3 Å². The molecule has 0 fully saturated rings. The minimum absolute atomic E-state index is 0.0352. The van der Waals surface area contributed by atoms with E-state index in [1.54, 1.807) is 35.8 Å². The van der Waals surface area contributed by atoms with Crippen LogP contribution in [-0.4, -0.2) is 26.5 Å². The van der Waals surface area contributed by atoms with Crippen LogP contribution in [0.5, 0.6) is 0 Å². The molecule has 0 aliphatic carbocycles. The zero-order chi connectivity index (χ0) is 20.4. The number of carbonyl (C=O) groups is 2. The van der Waals surface area contributed by atoms with Gasteiger partial charge in [0, 0.05) is 24.7 Å². The van der Waals surface area contributed by atoms with Gasteiger partial charge in [-0.2, -0.15) is 0 Å². The first-order valence-corrected chi connectivity index (χ1v) is 9.38. The van der Waals surface area contributed by atoms with E-state index in [9.17, 15) is 14.0 Å². The lowest BCUT2D eigenvalue weighted by molar-refractivity contribution is 0.0934. The van der Waals surface area contributed by atoms with E-state index in [1.165, 1.54) is 6.07 Å². The van der Waals surface area contributed by atoms with E-state index in [1.807, 2.05) is 0 Å². The number of halogens is 1. The van der Waals surface area contributed by atoms with Crippen molar-refractivity contribution >= 4 is 17.6 Å². The van der Waals surface area contributed by atoms with Crippen molar-refractivity contribution in [1.29, 1.82) is 0 Å². The van der Waals surface area contributed by atoms with Crippen molar-refractivity contribution in [3.63, 3.8) is 0 Å².